The lowest BCUT2D eigenvalue weighted by atomic mass is 9.87. The summed E-state index contributed by atoms with van der Waals surface area (Å²) in [5.41, 5.74) is 7.47. The van der Waals surface area contributed by atoms with Gasteiger partial charge in [-0.25, -0.2) is 0 Å². The summed E-state index contributed by atoms with van der Waals surface area (Å²) in [6, 6.07) is 8.19. The molecule has 1 aliphatic heterocycles. The van der Waals surface area contributed by atoms with Crippen molar-refractivity contribution in [2.75, 3.05) is 23.5 Å². The number of benzene rings is 1. The van der Waals surface area contributed by atoms with Crippen LogP contribution < -0.4 is 10.6 Å². The summed E-state index contributed by atoms with van der Waals surface area (Å²) in [7, 11) is 0. The van der Waals surface area contributed by atoms with E-state index >= 15 is 0 Å². The Kier molecular flexibility index (Phi) is 4.76. The smallest absolute Gasteiger partial charge is 0.243 e. The first-order valence-corrected chi connectivity index (χ1v) is 8.37. The van der Waals surface area contributed by atoms with Gasteiger partial charge in [-0.1, -0.05) is 37.3 Å². The molecule has 0 aliphatic carbocycles. The number of amides is 1. The first-order valence-electron chi connectivity index (χ1n) is 6.97. The van der Waals surface area contributed by atoms with Crippen molar-refractivity contribution in [2.24, 2.45) is 5.73 Å². The van der Waals surface area contributed by atoms with Gasteiger partial charge in [-0.2, -0.15) is 11.8 Å². The number of para-hydroxylation sites is 1. The molecule has 1 heterocycles. The molecule has 1 atom stereocenters. The zero-order valence-electron chi connectivity index (χ0n) is 12.1. The van der Waals surface area contributed by atoms with Gasteiger partial charge < -0.3 is 10.6 Å². The fourth-order valence-corrected chi connectivity index (χ4v) is 3.41. The number of hydrogen-bond acceptors (Lipinski definition) is 3. The minimum atomic E-state index is -0.593. The van der Waals surface area contributed by atoms with E-state index in [1.165, 1.54) is 0 Å². The number of carbonyl (C=O) groups excluding carboxylic acids is 1. The number of primary amides is 1. The molecule has 1 amide bonds. The SMILES string of the molecule is CCC(CCSC)(C(N)=O)N1CC=Cc2ccccc21. The molecule has 0 saturated heterocycles. The Morgan fingerprint density at radius 1 is 1.45 bits per heavy atom. The van der Waals surface area contributed by atoms with Crippen molar-refractivity contribution in [1.82, 2.24) is 0 Å². The fourth-order valence-electron chi connectivity index (χ4n) is 2.87. The summed E-state index contributed by atoms with van der Waals surface area (Å²) < 4.78 is 0. The maximum Gasteiger partial charge on any atom is 0.243 e. The molecule has 2 rings (SSSR count). The summed E-state index contributed by atoms with van der Waals surface area (Å²) in [6.07, 6.45) is 7.79. The molecule has 1 aliphatic rings. The van der Waals surface area contributed by atoms with Crippen molar-refractivity contribution in [3.63, 3.8) is 0 Å². The normalized spacial score (nSPS) is 16.6. The van der Waals surface area contributed by atoms with Crippen LogP contribution in [0.25, 0.3) is 6.08 Å². The molecule has 0 saturated carbocycles. The van der Waals surface area contributed by atoms with Crippen molar-refractivity contribution in [1.29, 1.82) is 0 Å². The Morgan fingerprint density at radius 2 is 2.20 bits per heavy atom. The van der Waals surface area contributed by atoms with E-state index in [9.17, 15) is 4.79 Å². The van der Waals surface area contributed by atoms with E-state index in [1.54, 1.807) is 11.8 Å². The Hall–Kier alpha value is -1.42. The van der Waals surface area contributed by atoms with Crippen LogP contribution in [0.3, 0.4) is 0 Å². The number of nitrogens with zero attached hydrogens (tertiary/aromatic N) is 1. The second kappa shape index (κ2) is 6.35. The van der Waals surface area contributed by atoms with Gasteiger partial charge in [-0.15, -0.1) is 0 Å². The van der Waals surface area contributed by atoms with Crippen molar-refractivity contribution in [2.45, 2.75) is 25.3 Å². The molecule has 108 valence electrons. The van der Waals surface area contributed by atoms with Gasteiger partial charge in [-0.05, 0) is 36.5 Å². The maximum absolute atomic E-state index is 12.2. The van der Waals surface area contributed by atoms with Crippen LogP contribution >= 0.6 is 11.8 Å². The topological polar surface area (TPSA) is 46.3 Å². The average Bonchev–Trinajstić information content (AvgIpc) is 2.48. The molecule has 0 bridgehead atoms. The van der Waals surface area contributed by atoms with Gasteiger partial charge in [0.15, 0.2) is 0 Å². The standard InChI is InChI=1S/C16H22N2OS/c1-3-16(15(17)19,10-12-20-2)18-11-6-8-13-7-4-5-9-14(13)18/h4-9H,3,10-12H2,1-2H3,(H2,17,19). The largest absolute Gasteiger partial charge is 0.368 e. The lowest BCUT2D eigenvalue weighted by Gasteiger charge is -2.44. The van der Waals surface area contributed by atoms with Crippen molar-refractivity contribution in [3.8, 4) is 0 Å². The zero-order chi connectivity index (χ0) is 14.6. The van der Waals surface area contributed by atoms with Gasteiger partial charge >= 0.3 is 0 Å². The van der Waals surface area contributed by atoms with Crippen LogP contribution in [0.1, 0.15) is 25.3 Å². The highest BCUT2D eigenvalue weighted by Gasteiger charge is 2.41. The molecular formula is C16H22N2OS. The molecule has 0 aromatic heterocycles. The number of hydrogen-bond donors (Lipinski definition) is 1. The van der Waals surface area contributed by atoms with Crippen LogP contribution in [-0.4, -0.2) is 30.0 Å². The third-order valence-electron chi connectivity index (χ3n) is 4.09. The lowest BCUT2D eigenvalue weighted by molar-refractivity contribution is -0.123. The summed E-state index contributed by atoms with van der Waals surface area (Å²) in [4.78, 5) is 14.4. The molecule has 3 nitrogen and oxygen atoms in total. The van der Waals surface area contributed by atoms with Crippen LogP contribution in [0, 0.1) is 0 Å². The summed E-state index contributed by atoms with van der Waals surface area (Å²) in [5.74, 6) is 0.707. The molecule has 20 heavy (non-hydrogen) atoms. The van der Waals surface area contributed by atoms with E-state index in [0.29, 0.717) is 0 Å². The monoisotopic (exact) mass is 290 g/mol. The molecule has 0 fully saturated rings. The molecule has 0 radical (unpaired) electrons. The van der Waals surface area contributed by atoms with Crippen molar-refractivity contribution >= 4 is 29.4 Å². The number of thioether (sulfide) groups is 1. The predicted molar refractivity (Wildman–Crippen MR) is 88.0 cm³/mol. The third-order valence-corrected chi connectivity index (χ3v) is 4.71. The Labute approximate surface area is 125 Å². The van der Waals surface area contributed by atoms with E-state index in [2.05, 4.69) is 35.4 Å². The maximum atomic E-state index is 12.2. The zero-order valence-corrected chi connectivity index (χ0v) is 13.0. The van der Waals surface area contributed by atoms with Gasteiger partial charge in [0.05, 0.1) is 0 Å². The van der Waals surface area contributed by atoms with Crippen molar-refractivity contribution in [3.05, 3.63) is 35.9 Å². The van der Waals surface area contributed by atoms with Crippen molar-refractivity contribution < 1.29 is 4.79 Å². The average molecular weight is 290 g/mol. The minimum absolute atomic E-state index is 0.223. The second-order valence-corrected chi connectivity index (χ2v) is 6.05. The summed E-state index contributed by atoms with van der Waals surface area (Å²) in [5, 5.41) is 0. The molecule has 1 aromatic rings. The minimum Gasteiger partial charge on any atom is -0.368 e. The Morgan fingerprint density at radius 3 is 2.85 bits per heavy atom. The second-order valence-electron chi connectivity index (χ2n) is 5.06. The van der Waals surface area contributed by atoms with E-state index in [-0.39, 0.29) is 5.91 Å². The van der Waals surface area contributed by atoms with E-state index in [4.69, 9.17) is 5.73 Å². The van der Waals surface area contributed by atoms with Gasteiger partial charge in [0, 0.05) is 12.2 Å². The summed E-state index contributed by atoms with van der Waals surface area (Å²) in [6.45, 7) is 2.79. The number of carbonyl (C=O) groups is 1. The fraction of sp³-hybridized carbons (Fsp3) is 0.438. The van der Waals surface area contributed by atoms with Gasteiger partial charge in [0.1, 0.15) is 5.54 Å². The van der Waals surface area contributed by atoms with Gasteiger partial charge in [0.25, 0.3) is 0 Å². The van der Waals surface area contributed by atoms with E-state index in [0.717, 1.165) is 36.4 Å². The van der Waals surface area contributed by atoms with Crippen LogP contribution in [0.2, 0.25) is 0 Å². The lowest BCUT2D eigenvalue weighted by Crippen LogP contribution is -2.58. The third kappa shape index (κ3) is 2.57. The van der Waals surface area contributed by atoms with Crippen LogP contribution in [0.5, 0.6) is 0 Å². The van der Waals surface area contributed by atoms with Gasteiger partial charge in [-0.3, -0.25) is 4.79 Å². The predicted octanol–water partition coefficient (Wildman–Crippen LogP) is 2.91. The first-order chi connectivity index (χ1) is 9.65. The number of nitrogens with two attached hydrogens (primary N) is 1. The number of fused-ring (bicyclic) bond motifs is 1. The Balaban J connectivity index is 2.44. The molecule has 2 N–H and O–H groups in total. The van der Waals surface area contributed by atoms with Crippen LogP contribution in [-0.2, 0) is 4.79 Å². The first kappa shape index (κ1) is 15.0. The molecule has 4 heteroatoms. The van der Waals surface area contributed by atoms with E-state index < -0.39 is 5.54 Å². The highest BCUT2D eigenvalue weighted by molar-refractivity contribution is 7.98. The number of rotatable bonds is 6. The quantitative estimate of drug-likeness (QED) is 0.876. The molecule has 1 unspecified atom stereocenters. The Bertz CT molecular complexity index is 515. The number of anilines is 1. The van der Waals surface area contributed by atoms with E-state index in [1.807, 2.05) is 19.1 Å². The molecule has 0 spiro atoms. The van der Waals surface area contributed by atoms with Crippen LogP contribution in [0.4, 0.5) is 5.69 Å². The highest BCUT2D eigenvalue weighted by atomic mass is 32.2. The van der Waals surface area contributed by atoms with Crippen LogP contribution in [0.15, 0.2) is 30.3 Å². The molecular weight excluding hydrogens is 268 g/mol. The highest BCUT2D eigenvalue weighted by Crippen LogP contribution is 2.35. The summed E-state index contributed by atoms with van der Waals surface area (Å²) >= 11 is 1.75. The van der Waals surface area contributed by atoms with Gasteiger partial charge in [0.2, 0.25) is 5.91 Å². The molecule has 1 aromatic carbocycles.